The van der Waals surface area contributed by atoms with Gasteiger partial charge in [0.25, 0.3) is 5.56 Å². The van der Waals surface area contributed by atoms with Gasteiger partial charge in [0.05, 0.1) is 6.61 Å². The molecular weight excluding hydrogens is 254 g/mol. The van der Waals surface area contributed by atoms with Gasteiger partial charge in [-0.1, -0.05) is 0 Å². The van der Waals surface area contributed by atoms with Crippen LogP contribution in [0.15, 0.2) is 20.6 Å². The lowest BCUT2D eigenvalue weighted by Gasteiger charge is -2.05. The normalized spacial score (nSPS) is 10.6. The Morgan fingerprint density at radius 3 is 2.68 bits per heavy atom. The number of nitrogens with one attached hydrogen (secondary N) is 2. The fourth-order valence-corrected chi connectivity index (χ4v) is 1.70. The number of H-pyrrole nitrogens is 2. The molecule has 0 fully saturated rings. The van der Waals surface area contributed by atoms with Crippen molar-refractivity contribution >= 4 is 17.0 Å². The monoisotopic (exact) mass is 265 g/mol. The van der Waals surface area contributed by atoms with E-state index in [2.05, 4.69) is 4.98 Å². The minimum Gasteiger partial charge on any atom is -0.462 e. The molecule has 2 rings (SSSR count). The molecule has 0 aromatic carbocycles. The zero-order chi connectivity index (χ0) is 14.2. The molecule has 2 heterocycles. The molecule has 0 aliphatic heterocycles. The van der Waals surface area contributed by atoms with Crippen molar-refractivity contribution in [3.05, 3.63) is 42.8 Å². The van der Waals surface area contributed by atoms with Crippen LogP contribution in [-0.4, -0.2) is 27.1 Å². The highest BCUT2D eigenvalue weighted by atomic mass is 16.5. The first-order valence-corrected chi connectivity index (χ1v) is 5.49. The first-order chi connectivity index (χ1) is 8.97. The molecule has 2 aromatic heterocycles. The van der Waals surface area contributed by atoms with Crippen molar-refractivity contribution in [3.63, 3.8) is 0 Å². The molecule has 2 N–H and O–H groups in total. The lowest BCUT2D eigenvalue weighted by atomic mass is 10.2. The first kappa shape index (κ1) is 12.8. The fourth-order valence-electron chi connectivity index (χ4n) is 1.70. The van der Waals surface area contributed by atoms with Crippen LogP contribution >= 0.6 is 0 Å². The van der Waals surface area contributed by atoms with Gasteiger partial charge in [-0.25, -0.2) is 9.59 Å². The number of hydrogen-bond donors (Lipinski definition) is 2. The van der Waals surface area contributed by atoms with Gasteiger partial charge in [-0.15, -0.1) is 0 Å². The smallest absolute Gasteiger partial charge is 0.343 e. The van der Waals surface area contributed by atoms with E-state index in [1.807, 2.05) is 4.98 Å². The highest BCUT2D eigenvalue weighted by molar-refractivity contribution is 5.92. The lowest BCUT2D eigenvalue weighted by molar-refractivity contribution is 0.0524. The van der Waals surface area contributed by atoms with Crippen LogP contribution in [0.4, 0.5) is 0 Å². The average Bonchev–Trinajstić information content (AvgIpc) is 2.35. The predicted octanol–water partition coefficient (Wildman–Crippen LogP) is -0.908. The Bertz CT molecular complexity index is 827. The third-order valence-electron chi connectivity index (χ3n) is 2.64. The van der Waals surface area contributed by atoms with E-state index in [1.54, 1.807) is 6.92 Å². The molecule has 0 saturated carbocycles. The molecule has 0 radical (unpaired) electrons. The number of fused-ring (bicyclic) bond motifs is 1. The molecule has 100 valence electrons. The Morgan fingerprint density at radius 2 is 2.05 bits per heavy atom. The van der Waals surface area contributed by atoms with Gasteiger partial charge in [-0.3, -0.25) is 19.1 Å². The Hall–Kier alpha value is -2.64. The van der Waals surface area contributed by atoms with Crippen LogP contribution in [0.25, 0.3) is 11.0 Å². The van der Waals surface area contributed by atoms with Crippen LogP contribution in [0.2, 0.25) is 0 Å². The van der Waals surface area contributed by atoms with Gasteiger partial charge in [0, 0.05) is 13.2 Å². The second kappa shape index (κ2) is 4.56. The quantitative estimate of drug-likeness (QED) is 0.682. The Balaban J connectivity index is 2.88. The van der Waals surface area contributed by atoms with Gasteiger partial charge >= 0.3 is 11.7 Å². The zero-order valence-corrected chi connectivity index (χ0v) is 10.3. The number of carbonyl (C=O) groups is 1. The van der Waals surface area contributed by atoms with Crippen molar-refractivity contribution in [2.24, 2.45) is 7.05 Å². The maximum absolute atomic E-state index is 12.1. The van der Waals surface area contributed by atoms with Gasteiger partial charge in [-0.2, -0.15) is 0 Å². The number of aryl methyl sites for hydroxylation is 1. The lowest BCUT2D eigenvalue weighted by Crippen LogP contribution is -2.33. The highest BCUT2D eigenvalue weighted by Gasteiger charge is 2.17. The summed E-state index contributed by atoms with van der Waals surface area (Å²) in [5, 5.41) is -0.285. The first-order valence-electron chi connectivity index (χ1n) is 5.49. The van der Waals surface area contributed by atoms with Gasteiger partial charge < -0.3 is 9.72 Å². The summed E-state index contributed by atoms with van der Waals surface area (Å²) in [6, 6.07) is 0. The third kappa shape index (κ3) is 1.96. The molecule has 8 nitrogen and oxygen atoms in total. The van der Waals surface area contributed by atoms with Crippen molar-refractivity contribution in [2.45, 2.75) is 6.92 Å². The molecule has 0 spiro atoms. The van der Waals surface area contributed by atoms with E-state index in [1.165, 1.54) is 7.05 Å². The number of aromatic amines is 2. The predicted molar refractivity (Wildman–Crippen MR) is 66.4 cm³/mol. The third-order valence-corrected chi connectivity index (χ3v) is 2.64. The number of aromatic nitrogens is 3. The molecule has 2 aromatic rings. The molecule has 0 bridgehead atoms. The van der Waals surface area contributed by atoms with Crippen molar-refractivity contribution < 1.29 is 9.53 Å². The summed E-state index contributed by atoms with van der Waals surface area (Å²) in [7, 11) is 1.39. The molecule has 0 unspecified atom stereocenters. The van der Waals surface area contributed by atoms with Crippen LogP contribution < -0.4 is 16.7 Å². The maximum Gasteiger partial charge on any atom is 0.343 e. The summed E-state index contributed by atoms with van der Waals surface area (Å²) < 4.78 is 5.79. The van der Waals surface area contributed by atoms with Crippen LogP contribution in [0.5, 0.6) is 0 Å². The Labute approximate surface area is 105 Å². The molecule has 0 saturated heterocycles. The van der Waals surface area contributed by atoms with Gasteiger partial charge in [0.2, 0.25) is 5.43 Å². The van der Waals surface area contributed by atoms with Gasteiger partial charge in [-0.05, 0) is 6.92 Å². The summed E-state index contributed by atoms with van der Waals surface area (Å²) in [5.41, 5.74) is -2.50. The van der Waals surface area contributed by atoms with Crippen molar-refractivity contribution in [1.82, 2.24) is 14.5 Å². The molecule has 0 amide bonds. The van der Waals surface area contributed by atoms with Gasteiger partial charge in [0.15, 0.2) is 0 Å². The summed E-state index contributed by atoms with van der Waals surface area (Å²) in [4.78, 5) is 51.3. The molecule has 0 aliphatic carbocycles. The number of pyridine rings is 1. The fraction of sp³-hybridized carbons (Fsp3) is 0.273. The SMILES string of the molecule is CCOC(=O)c1c[nH]c2c(c(=O)[nH]c(=O)n2C)c1=O. The summed E-state index contributed by atoms with van der Waals surface area (Å²) in [6.07, 6.45) is 1.13. The maximum atomic E-state index is 12.1. The average molecular weight is 265 g/mol. The molecule has 0 atom stereocenters. The van der Waals surface area contributed by atoms with Gasteiger partial charge in [0.1, 0.15) is 16.6 Å². The number of hydrogen-bond acceptors (Lipinski definition) is 5. The van der Waals surface area contributed by atoms with E-state index in [4.69, 9.17) is 4.74 Å². The summed E-state index contributed by atoms with van der Waals surface area (Å²) in [6.45, 7) is 1.71. The number of ether oxygens (including phenoxy) is 1. The topological polar surface area (TPSA) is 114 Å². The second-order valence-corrected chi connectivity index (χ2v) is 3.79. The largest absolute Gasteiger partial charge is 0.462 e. The van der Waals surface area contributed by atoms with E-state index in [-0.39, 0.29) is 23.2 Å². The van der Waals surface area contributed by atoms with Crippen LogP contribution in [0, 0.1) is 0 Å². The number of rotatable bonds is 2. The number of nitrogens with zero attached hydrogens (tertiary/aromatic N) is 1. The standard InChI is InChI=1S/C11H11N3O5/c1-3-19-10(17)5-4-12-8-6(7(5)15)9(16)13-11(18)14(8)2/h4H,3H2,1-2H3,(H,12,15)(H,13,16,18). The minimum absolute atomic E-state index is 0.0480. The van der Waals surface area contributed by atoms with Crippen molar-refractivity contribution in [1.29, 1.82) is 0 Å². The zero-order valence-electron chi connectivity index (χ0n) is 10.3. The summed E-state index contributed by atoms with van der Waals surface area (Å²) >= 11 is 0. The van der Waals surface area contributed by atoms with E-state index >= 15 is 0 Å². The Kier molecular flexibility index (Phi) is 3.07. The van der Waals surface area contributed by atoms with E-state index in [0.29, 0.717) is 0 Å². The molecular formula is C11H11N3O5. The van der Waals surface area contributed by atoms with Crippen LogP contribution in [-0.2, 0) is 11.8 Å². The summed E-state index contributed by atoms with van der Waals surface area (Å²) in [5.74, 6) is -0.820. The van der Waals surface area contributed by atoms with E-state index < -0.39 is 22.6 Å². The van der Waals surface area contributed by atoms with Crippen molar-refractivity contribution in [2.75, 3.05) is 6.61 Å². The molecule has 19 heavy (non-hydrogen) atoms. The van der Waals surface area contributed by atoms with E-state index in [9.17, 15) is 19.2 Å². The van der Waals surface area contributed by atoms with Crippen LogP contribution in [0.3, 0.4) is 0 Å². The molecule has 8 heteroatoms. The van der Waals surface area contributed by atoms with Crippen molar-refractivity contribution in [3.8, 4) is 0 Å². The number of esters is 1. The number of carbonyl (C=O) groups excluding carboxylic acids is 1. The Morgan fingerprint density at radius 1 is 1.37 bits per heavy atom. The second-order valence-electron chi connectivity index (χ2n) is 3.79. The molecule has 0 aliphatic rings. The van der Waals surface area contributed by atoms with Crippen LogP contribution in [0.1, 0.15) is 17.3 Å². The minimum atomic E-state index is -0.842. The highest BCUT2D eigenvalue weighted by Crippen LogP contribution is 2.01. The van der Waals surface area contributed by atoms with E-state index in [0.717, 1.165) is 10.8 Å².